The van der Waals surface area contributed by atoms with Gasteiger partial charge in [0.2, 0.25) is 11.6 Å². The van der Waals surface area contributed by atoms with E-state index < -0.39 is 71.3 Å². The Morgan fingerprint density at radius 1 is 0.711 bits per heavy atom. The van der Waals surface area contributed by atoms with E-state index in [0.29, 0.717) is 48.3 Å². The number of nitrogens with zero attached hydrogens (tertiary/aromatic N) is 8. The number of aliphatic hydroxyl groups excluding tert-OH is 1. The lowest BCUT2D eigenvalue weighted by molar-refractivity contribution is -0.286. The van der Waals surface area contributed by atoms with E-state index in [4.69, 9.17) is 58.4 Å². The van der Waals surface area contributed by atoms with Gasteiger partial charge in [-0.25, -0.2) is 9.59 Å². The average Bonchev–Trinajstić information content (AvgIpc) is 3.33. The maximum absolute atomic E-state index is 12.7. The van der Waals surface area contributed by atoms with Crippen LogP contribution in [0.15, 0.2) is 32.9 Å². The standard InChI is InChI=1S/C26H46N4O7.C26H44N4O7.2CH4/c2*1-15(14-31)12-26(7,33-10)22(17(3)21-18(4)23(32)37-25(5,6)36-21)35-24-16(2)20(30(8)9)11-19(34-24)13-28-29-27;;/h15-17,19-20,22,24,31H,11-14H2,1-10H3;14-17,19-20,22,24H,11-13H2,1-10H3;2*1H4/t2*15-,16?,17+,19?,20?,22-,24+,26-;;/m11../s1. The van der Waals surface area contributed by atoms with Gasteiger partial charge in [-0.1, -0.05) is 66.6 Å². The molecular weight excluding hydrogens is 985 g/mol. The van der Waals surface area contributed by atoms with E-state index >= 15 is 0 Å². The number of hydrogen-bond donors (Lipinski definition) is 1. The van der Waals surface area contributed by atoms with Crippen LogP contribution in [-0.4, -0.2) is 167 Å². The van der Waals surface area contributed by atoms with Crippen LogP contribution in [0.3, 0.4) is 0 Å². The number of esters is 2. The normalized spacial score (nSPS) is 29.1. The highest BCUT2D eigenvalue weighted by molar-refractivity contribution is 5.89. The van der Waals surface area contributed by atoms with Gasteiger partial charge in [0.05, 0.1) is 59.9 Å². The third kappa shape index (κ3) is 18.0. The molecule has 0 radical (unpaired) electrons. The van der Waals surface area contributed by atoms with Crippen molar-refractivity contribution in [2.75, 3.05) is 62.1 Å². The van der Waals surface area contributed by atoms with Crippen molar-refractivity contribution in [1.29, 1.82) is 0 Å². The highest BCUT2D eigenvalue weighted by Crippen LogP contribution is 2.44. The van der Waals surface area contributed by atoms with Gasteiger partial charge in [0.15, 0.2) is 12.6 Å². The largest absolute Gasteiger partial charge is 0.456 e. The van der Waals surface area contributed by atoms with Gasteiger partial charge in [-0.15, -0.1) is 0 Å². The number of cyclic esters (lactones) is 2. The number of azide groups is 2. The van der Waals surface area contributed by atoms with Crippen LogP contribution in [0.4, 0.5) is 0 Å². The molecule has 4 aliphatic heterocycles. The van der Waals surface area contributed by atoms with Crippen molar-refractivity contribution >= 4 is 18.2 Å². The minimum Gasteiger partial charge on any atom is -0.456 e. The summed E-state index contributed by atoms with van der Waals surface area (Å²) in [7, 11) is 11.2. The van der Waals surface area contributed by atoms with Crippen molar-refractivity contribution in [3.8, 4) is 0 Å². The monoisotopic (exact) mass is 1080 g/mol. The lowest BCUT2D eigenvalue weighted by atomic mass is 9.80. The Kier molecular flexibility index (Phi) is 27.4. The minimum atomic E-state index is -1.14. The van der Waals surface area contributed by atoms with Crippen molar-refractivity contribution in [2.45, 2.75) is 209 Å². The molecule has 0 saturated carbocycles. The third-order valence-corrected chi connectivity index (χ3v) is 15.0. The highest BCUT2D eigenvalue weighted by Gasteiger charge is 2.51. The second-order valence-electron chi connectivity index (χ2n) is 22.6. The number of aldehydes is 1. The first-order valence-corrected chi connectivity index (χ1v) is 25.8. The summed E-state index contributed by atoms with van der Waals surface area (Å²) >= 11 is 0. The average molecular weight is 1080 g/mol. The molecule has 0 bridgehead atoms. The molecule has 0 aromatic carbocycles. The van der Waals surface area contributed by atoms with Crippen LogP contribution in [0.1, 0.15) is 137 Å². The molecule has 0 aliphatic carbocycles. The molecule has 0 amide bonds. The number of ether oxygens (including phenoxy) is 10. The van der Waals surface area contributed by atoms with Crippen LogP contribution in [-0.2, 0) is 61.8 Å². The summed E-state index contributed by atoms with van der Waals surface area (Å²) < 4.78 is 61.5. The summed E-state index contributed by atoms with van der Waals surface area (Å²) in [5.41, 5.74) is 16.6. The van der Waals surface area contributed by atoms with Crippen LogP contribution >= 0.6 is 0 Å². The van der Waals surface area contributed by atoms with Crippen molar-refractivity contribution in [2.24, 2.45) is 45.7 Å². The maximum atomic E-state index is 12.7. The molecule has 1 N–H and O–H groups in total. The number of carbonyl (C=O) groups excluding carboxylic acids is 3. The highest BCUT2D eigenvalue weighted by atomic mass is 16.7. The number of methoxy groups -OCH3 is 2. The second-order valence-corrected chi connectivity index (χ2v) is 22.6. The molecule has 0 spiro atoms. The quantitative estimate of drug-likeness (QED) is 0.0310. The molecule has 438 valence electrons. The first kappa shape index (κ1) is 70.0. The predicted molar refractivity (Wildman–Crippen MR) is 289 cm³/mol. The van der Waals surface area contributed by atoms with Crippen LogP contribution in [0.25, 0.3) is 20.9 Å². The number of aliphatic hydroxyl groups is 1. The topological polar surface area (TPSA) is 268 Å². The zero-order valence-corrected chi connectivity index (χ0v) is 47.9. The zero-order chi connectivity index (χ0) is 56.3. The Bertz CT molecular complexity index is 2060. The van der Waals surface area contributed by atoms with E-state index in [1.54, 1.807) is 55.8 Å². The SMILES string of the molecule is C.C.CO[C@](C)(C[C@@H](C)C=O)[C@H](O[C@@H]1OC(CN=[N+]=[N-])CC(N(C)C)C1C)[C@@H](C)C1=C(C)C(=O)OC(C)(C)O1.CO[C@](C)(C[C@@H](C)CO)[C@H](O[C@@H]1OC(CN=[N+]=[N-])CC(N(C)C)C1C)[C@@H](C)C1=C(C)C(=O)OC(C)(C)O1. The van der Waals surface area contributed by atoms with Crippen molar-refractivity contribution in [3.05, 3.63) is 43.6 Å². The van der Waals surface area contributed by atoms with E-state index in [9.17, 15) is 19.5 Å². The summed E-state index contributed by atoms with van der Waals surface area (Å²) in [4.78, 5) is 47.0. The summed E-state index contributed by atoms with van der Waals surface area (Å²) in [6.45, 7) is 26.0. The third-order valence-electron chi connectivity index (χ3n) is 15.0. The molecule has 6 unspecified atom stereocenters. The van der Waals surface area contributed by atoms with Crippen LogP contribution in [0.2, 0.25) is 0 Å². The van der Waals surface area contributed by atoms with Crippen LogP contribution in [0, 0.1) is 35.5 Å². The van der Waals surface area contributed by atoms with E-state index in [0.717, 1.165) is 6.29 Å². The van der Waals surface area contributed by atoms with Gasteiger partial charge in [-0.2, -0.15) is 0 Å². The van der Waals surface area contributed by atoms with Gasteiger partial charge in [-0.3, -0.25) is 0 Å². The second kappa shape index (κ2) is 29.8. The molecule has 0 aromatic heterocycles. The fourth-order valence-corrected chi connectivity index (χ4v) is 10.8. The van der Waals surface area contributed by atoms with Gasteiger partial charge >= 0.3 is 11.9 Å². The number of hydrogen-bond acceptors (Lipinski definition) is 18. The molecular formula is C54H98N8O14. The summed E-state index contributed by atoms with van der Waals surface area (Å²) in [5.74, 6) is -3.55. The first-order valence-electron chi connectivity index (χ1n) is 25.8. The first-order chi connectivity index (χ1) is 34.4. The number of rotatable bonds is 24. The predicted octanol–water partition coefficient (Wildman–Crippen LogP) is 9.49. The maximum Gasteiger partial charge on any atom is 0.340 e. The van der Waals surface area contributed by atoms with E-state index in [1.807, 2.05) is 69.7 Å². The Hall–Kier alpha value is -4.05. The van der Waals surface area contributed by atoms with Crippen molar-refractivity contribution < 1.29 is 66.9 Å². The molecule has 76 heavy (non-hydrogen) atoms. The van der Waals surface area contributed by atoms with Crippen molar-refractivity contribution in [1.82, 2.24) is 9.80 Å². The Morgan fingerprint density at radius 3 is 1.37 bits per heavy atom. The smallest absolute Gasteiger partial charge is 0.340 e. The van der Waals surface area contributed by atoms with Crippen LogP contribution < -0.4 is 0 Å². The molecule has 0 aromatic rings. The summed E-state index contributed by atoms with van der Waals surface area (Å²) in [6.07, 6.45) is -0.0960. The van der Waals surface area contributed by atoms with Gasteiger partial charge in [0, 0.05) is 100 Å². The molecule has 2 fully saturated rings. The molecule has 4 aliphatic rings. The van der Waals surface area contributed by atoms with Gasteiger partial charge < -0.3 is 67.1 Å². The molecule has 4 heterocycles. The fraction of sp³-hybridized carbons (Fsp3) is 0.870. The Morgan fingerprint density at radius 2 is 1.07 bits per heavy atom. The van der Waals surface area contributed by atoms with E-state index in [-0.39, 0.29) is 82.5 Å². The lowest BCUT2D eigenvalue weighted by Crippen LogP contribution is -2.56. The molecule has 16 atom stereocenters. The van der Waals surface area contributed by atoms with Crippen molar-refractivity contribution in [3.63, 3.8) is 0 Å². The fourth-order valence-electron chi connectivity index (χ4n) is 10.8. The Balaban J connectivity index is 0.000000741. The summed E-state index contributed by atoms with van der Waals surface area (Å²) in [5, 5.41) is 17.3. The number of carbonyl (C=O) groups is 3. The van der Waals surface area contributed by atoms with Crippen LogP contribution in [0.5, 0.6) is 0 Å². The zero-order valence-electron chi connectivity index (χ0n) is 47.9. The molecule has 2 saturated heterocycles. The molecule has 22 nitrogen and oxygen atoms in total. The molecule has 4 rings (SSSR count). The summed E-state index contributed by atoms with van der Waals surface area (Å²) in [6, 6.07) is 0.233. The molecule has 22 heteroatoms. The van der Waals surface area contributed by atoms with Gasteiger partial charge in [-0.05, 0) is 98.5 Å². The van der Waals surface area contributed by atoms with E-state index in [1.165, 1.54) is 0 Å². The van der Waals surface area contributed by atoms with E-state index in [2.05, 4.69) is 43.7 Å². The minimum absolute atomic E-state index is 0. The van der Waals surface area contributed by atoms with Gasteiger partial charge in [0.1, 0.15) is 17.8 Å². The Labute approximate surface area is 454 Å². The lowest BCUT2D eigenvalue weighted by Gasteiger charge is -2.48. The van der Waals surface area contributed by atoms with Gasteiger partial charge in [0.25, 0.3) is 0 Å².